The summed E-state index contributed by atoms with van der Waals surface area (Å²) in [4.78, 5) is 0.375. The molecule has 19 heavy (non-hydrogen) atoms. The van der Waals surface area contributed by atoms with E-state index in [-0.39, 0.29) is 0 Å². The Labute approximate surface area is 127 Å². The van der Waals surface area contributed by atoms with Crippen molar-refractivity contribution in [3.05, 3.63) is 28.2 Å². The van der Waals surface area contributed by atoms with Crippen LogP contribution in [0.4, 0.5) is 0 Å². The van der Waals surface area contributed by atoms with Crippen LogP contribution in [0.1, 0.15) is 18.9 Å². The maximum atomic E-state index is 12.7. The molecule has 0 N–H and O–H groups in total. The molecule has 1 heterocycles. The van der Waals surface area contributed by atoms with Crippen LogP contribution in [0.25, 0.3) is 0 Å². The summed E-state index contributed by atoms with van der Waals surface area (Å²) in [6.07, 6.45) is 1.01. The van der Waals surface area contributed by atoms with Gasteiger partial charge in [0.1, 0.15) is 0 Å². The van der Waals surface area contributed by atoms with Gasteiger partial charge in [-0.15, -0.1) is 0 Å². The van der Waals surface area contributed by atoms with Crippen LogP contribution in [0.2, 0.25) is 0 Å². The first-order valence-corrected chi connectivity index (χ1v) is 9.61. The largest absolute Gasteiger partial charge is 0.244 e. The molecule has 0 radical (unpaired) electrons. The molecule has 0 bridgehead atoms. The molecule has 1 aliphatic heterocycles. The number of rotatable bonds is 3. The van der Waals surface area contributed by atoms with Crippen molar-refractivity contribution in [1.82, 2.24) is 4.31 Å². The zero-order valence-corrected chi connectivity index (χ0v) is 14.3. The van der Waals surface area contributed by atoms with E-state index in [2.05, 4.69) is 22.9 Å². The topological polar surface area (TPSA) is 37.4 Å². The molecule has 1 fully saturated rings. The first-order valence-electron chi connectivity index (χ1n) is 6.33. The van der Waals surface area contributed by atoms with Gasteiger partial charge in [0.15, 0.2) is 0 Å². The van der Waals surface area contributed by atoms with Gasteiger partial charge in [-0.2, -0.15) is 16.1 Å². The highest BCUT2D eigenvalue weighted by Gasteiger charge is 2.31. The van der Waals surface area contributed by atoms with Crippen LogP contribution in [-0.2, 0) is 10.0 Å². The Balaban J connectivity index is 2.31. The third-order valence-corrected chi connectivity index (χ3v) is 7.48. The van der Waals surface area contributed by atoms with Crippen molar-refractivity contribution in [1.29, 1.82) is 0 Å². The Morgan fingerprint density at radius 2 is 2.21 bits per heavy atom. The summed E-state index contributed by atoms with van der Waals surface area (Å²) in [5.74, 6) is 0.876. The van der Waals surface area contributed by atoms with Crippen molar-refractivity contribution in [2.75, 3.05) is 18.8 Å². The average Bonchev–Trinajstić information content (AvgIpc) is 2.38. The van der Waals surface area contributed by atoms with E-state index in [4.69, 9.17) is 0 Å². The molecule has 1 aliphatic rings. The number of halogens is 1. The summed E-state index contributed by atoms with van der Waals surface area (Å²) in [6.45, 7) is 5.27. The number of sulfonamides is 1. The summed E-state index contributed by atoms with van der Waals surface area (Å²) in [5.41, 5.74) is 1.05. The quantitative estimate of drug-likeness (QED) is 0.826. The zero-order valence-electron chi connectivity index (χ0n) is 11.1. The fourth-order valence-electron chi connectivity index (χ4n) is 2.11. The molecular weight excluding hydrogens is 346 g/mol. The van der Waals surface area contributed by atoms with Crippen molar-refractivity contribution >= 4 is 37.7 Å². The monoisotopic (exact) mass is 363 g/mol. The molecule has 0 amide bonds. The van der Waals surface area contributed by atoms with E-state index < -0.39 is 10.0 Å². The molecule has 2 rings (SSSR count). The van der Waals surface area contributed by atoms with Gasteiger partial charge < -0.3 is 0 Å². The minimum Gasteiger partial charge on any atom is -0.207 e. The molecule has 6 heteroatoms. The lowest BCUT2D eigenvalue weighted by Gasteiger charge is -2.31. The minimum absolute atomic E-state index is 0.375. The van der Waals surface area contributed by atoms with Gasteiger partial charge in [-0.1, -0.05) is 13.0 Å². The number of benzene rings is 1. The summed E-state index contributed by atoms with van der Waals surface area (Å²) >= 11 is 5.24. The smallest absolute Gasteiger partial charge is 0.207 e. The Morgan fingerprint density at radius 3 is 2.84 bits per heavy atom. The lowest BCUT2D eigenvalue weighted by atomic mass is 10.2. The predicted octanol–water partition coefficient (Wildman–Crippen LogP) is 3.27. The number of hydrogen-bond acceptors (Lipinski definition) is 3. The van der Waals surface area contributed by atoms with Crippen LogP contribution in [0.15, 0.2) is 27.6 Å². The molecule has 3 nitrogen and oxygen atoms in total. The van der Waals surface area contributed by atoms with Crippen molar-refractivity contribution in [2.45, 2.75) is 30.4 Å². The summed E-state index contributed by atoms with van der Waals surface area (Å²) < 4.78 is 27.6. The Hall–Kier alpha value is -0.0400. The number of aryl methyl sites for hydroxylation is 1. The van der Waals surface area contributed by atoms with E-state index in [1.807, 2.05) is 30.8 Å². The highest BCUT2D eigenvalue weighted by molar-refractivity contribution is 9.10. The molecule has 0 aliphatic carbocycles. The van der Waals surface area contributed by atoms with Gasteiger partial charge in [0.05, 0.1) is 4.90 Å². The zero-order chi connectivity index (χ0) is 14.0. The first kappa shape index (κ1) is 15.4. The van der Waals surface area contributed by atoms with Gasteiger partial charge in [0, 0.05) is 28.6 Å². The van der Waals surface area contributed by atoms with Crippen LogP contribution >= 0.6 is 27.7 Å². The van der Waals surface area contributed by atoms with Gasteiger partial charge in [0.2, 0.25) is 10.0 Å². The molecule has 1 aromatic rings. The summed E-state index contributed by atoms with van der Waals surface area (Å²) in [5, 5.41) is 0.410. The van der Waals surface area contributed by atoms with E-state index in [0.717, 1.165) is 17.7 Å². The third kappa shape index (κ3) is 3.35. The fourth-order valence-corrected chi connectivity index (χ4v) is 6.14. The number of nitrogens with zero attached hydrogens (tertiary/aromatic N) is 1. The van der Waals surface area contributed by atoms with Crippen LogP contribution in [0, 0.1) is 6.92 Å². The number of hydrogen-bond donors (Lipinski definition) is 0. The SMILES string of the molecule is CCC1CN(S(=O)(=O)c2ccc(C)cc2Br)CCS1. The highest BCUT2D eigenvalue weighted by Crippen LogP contribution is 2.30. The van der Waals surface area contributed by atoms with Crippen molar-refractivity contribution in [3.8, 4) is 0 Å². The predicted molar refractivity (Wildman–Crippen MR) is 84.2 cm³/mol. The molecule has 1 saturated heterocycles. The summed E-state index contributed by atoms with van der Waals surface area (Å²) in [6, 6.07) is 5.38. The number of thioether (sulfide) groups is 1. The van der Waals surface area contributed by atoms with Crippen LogP contribution in [0.5, 0.6) is 0 Å². The molecular formula is C13H18BrNO2S2. The molecule has 1 unspecified atom stereocenters. The van der Waals surface area contributed by atoms with Gasteiger partial charge in [0.25, 0.3) is 0 Å². The normalized spacial score (nSPS) is 21.5. The first-order chi connectivity index (χ1) is 8.95. The minimum atomic E-state index is -3.38. The van der Waals surface area contributed by atoms with E-state index in [0.29, 0.717) is 27.7 Å². The maximum Gasteiger partial charge on any atom is 0.244 e. The standard InChI is InChI=1S/C13H18BrNO2S2/c1-3-11-9-15(6-7-18-11)19(16,17)13-5-4-10(2)8-12(13)14/h4-5,8,11H,3,6-7,9H2,1-2H3. The van der Waals surface area contributed by atoms with Crippen LogP contribution in [0.3, 0.4) is 0 Å². The van der Waals surface area contributed by atoms with Crippen molar-refractivity contribution in [3.63, 3.8) is 0 Å². The van der Waals surface area contributed by atoms with Crippen molar-refractivity contribution in [2.24, 2.45) is 0 Å². The Morgan fingerprint density at radius 1 is 1.47 bits per heavy atom. The molecule has 0 aromatic heterocycles. The molecule has 1 aromatic carbocycles. The fraction of sp³-hybridized carbons (Fsp3) is 0.538. The van der Waals surface area contributed by atoms with Crippen molar-refractivity contribution < 1.29 is 8.42 Å². The second-order valence-electron chi connectivity index (χ2n) is 4.70. The second-order valence-corrected chi connectivity index (χ2v) is 8.87. The average molecular weight is 364 g/mol. The van der Waals surface area contributed by atoms with Gasteiger partial charge >= 0.3 is 0 Å². The van der Waals surface area contributed by atoms with E-state index in [1.54, 1.807) is 10.4 Å². The molecule has 1 atom stereocenters. The molecule has 0 saturated carbocycles. The molecule has 106 valence electrons. The lowest BCUT2D eigenvalue weighted by molar-refractivity contribution is 0.415. The van der Waals surface area contributed by atoms with Crippen LogP contribution < -0.4 is 0 Å². The van der Waals surface area contributed by atoms with Gasteiger partial charge in [-0.3, -0.25) is 0 Å². The van der Waals surface area contributed by atoms with Crippen LogP contribution in [-0.4, -0.2) is 36.8 Å². The van der Waals surface area contributed by atoms with Gasteiger partial charge in [-0.05, 0) is 47.0 Å². The third-order valence-electron chi connectivity index (χ3n) is 3.26. The Bertz CT molecular complexity index is 560. The van der Waals surface area contributed by atoms with E-state index >= 15 is 0 Å². The van der Waals surface area contributed by atoms with Gasteiger partial charge in [-0.25, -0.2) is 8.42 Å². The summed E-state index contributed by atoms with van der Waals surface area (Å²) in [7, 11) is -3.38. The highest BCUT2D eigenvalue weighted by atomic mass is 79.9. The maximum absolute atomic E-state index is 12.7. The lowest BCUT2D eigenvalue weighted by Crippen LogP contribution is -2.41. The van der Waals surface area contributed by atoms with E-state index in [1.165, 1.54) is 0 Å². The second kappa shape index (κ2) is 6.16. The van der Waals surface area contributed by atoms with E-state index in [9.17, 15) is 8.42 Å². The Kier molecular flexibility index (Phi) is 4.98. The molecule has 0 spiro atoms.